The Kier molecular flexibility index (Phi) is 6.88. The summed E-state index contributed by atoms with van der Waals surface area (Å²) in [4.78, 5) is 13.1. The molecule has 0 aliphatic rings. The molecule has 1 N–H and O–H groups in total. The monoisotopic (exact) mass is 379 g/mol. The Morgan fingerprint density at radius 1 is 1.11 bits per heavy atom. The summed E-state index contributed by atoms with van der Waals surface area (Å²) in [6, 6.07) is 15.1. The number of aryl methyl sites for hydroxylation is 1. The summed E-state index contributed by atoms with van der Waals surface area (Å²) >= 11 is 0. The SMILES string of the molecule is CCc1oc2ccccc2c1C(=O)c1ccc(OCCCNCC(C)C)cc1. The molecule has 2 aromatic carbocycles. The fourth-order valence-corrected chi connectivity index (χ4v) is 3.22. The molecule has 0 fully saturated rings. The zero-order chi connectivity index (χ0) is 19.9. The number of carbonyl (C=O) groups is 1. The minimum absolute atomic E-state index is 0.00812. The van der Waals surface area contributed by atoms with Crippen LogP contribution in [0.5, 0.6) is 5.75 Å². The summed E-state index contributed by atoms with van der Waals surface area (Å²) in [5, 5.41) is 4.28. The number of furan rings is 1. The fraction of sp³-hybridized carbons (Fsp3) is 0.375. The van der Waals surface area contributed by atoms with Crippen molar-refractivity contribution in [2.75, 3.05) is 19.7 Å². The maximum absolute atomic E-state index is 13.1. The highest BCUT2D eigenvalue weighted by Crippen LogP contribution is 2.29. The molecule has 4 nitrogen and oxygen atoms in total. The molecule has 0 aliphatic carbocycles. The molecule has 0 amide bonds. The number of nitrogens with one attached hydrogen (secondary N) is 1. The Morgan fingerprint density at radius 3 is 2.57 bits per heavy atom. The van der Waals surface area contributed by atoms with Crippen LogP contribution in [-0.2, 0) is 6.42 Å². The Hall–Kier alpha value is -2.59. The van der Waals surface area contributed by atoms with E-state index in [9.17, 15) is 4.79 Å². The van der Waals surface area contributed by atoms with E-state index in [4.69, 9.17) is 9.15 Å². The van der Waals surface area contributed by atoms with Crippen molar-refractivity contribution in [2.24, 2.45) is 5.92 Å². The van der Waals surface area contributed by atoms with E-state index < -0.39 is 0 Å². The van der Waals surface area contributed by atoms with Gasteiger partial charge in [0.1, 0.15) is 17.1 Å². The number of hydrogen-bond donors (Lipinski definition) is 1. The highest BCUT2D eigenvalue weighted by atomic mass is 16.5. The van der Waals surface area contributed by atoms with Crippen LogP contribution in [0.2, 0.25) is 0 Å². The molecule has 0 atom stereocenters. The second-order valence-electron chi connectivity index (χ2n) is 7.40. The number of para-hydroxylation sites is 1. The predicted molar refractivity (Wildman–Crippen MR) is 113 cm³/mol. The van der Waals surface area contributed by atoms with Crippen molar-refractivity contribution in [1.29, 1.82) is 0 Å². The number of carbonyl (C=O) groups excluding carboxylic acids is 1. The second-order valence-corrected chi connectivity index (χ2v) is 7.40. The standard InChI is InChI=1S/C24H29NO3/c1-4-21-23(20-8-5-6-9-22(20)28-21)24(26)18-10-12-19(13-11-18)27-15-7-14-25-16-17(2)3/h5-6,8-13,17,25H,4,7,14-16H2,1-3H3. The van der Waals surface area contributed by atoms with Crippen LogP contribution in [-0.4, -0.2) is 25.5 Å². The first-order valence-electron chi connectivity index (χ1n) is 10.1. The second kappa shape index (κ2) is 9.56. The van der Waals surface area contributed by atoms with E-state index in [-0.39, 0.29) is 5.78 Å². The van der Waals surface area contributed by atoms with Gasteiger partial charge in [0.15, 0.2) is 5.78 Å². The first-order valence-corrected chi connectivity index (χ1v) is 10.1. The average molecular weight is 380 g/mol. The van der Waals surface area contributed by atoms with Gasteiger partial charge in [-0.05, 0) is 55.8 Å². The van der Waals surface area contributed by atoms with Crippen LogP contribution in [0.1, 0.15) is 48.9 Å². The van der Waals surface area contributed by atoms with Gasteiger partial charge in [-0.25, -0.2) is 0 Å². The molecule has 1 aromatic heterocycles. The average Bonchev–Trinajstić information content (AvgIpc) is 3.09. The molecule has 3 aromatic rings. The molecule has 0 bridgehead atoms. The quantitative estimate of drug-likeness (QED) is 0.387. The third-order valence-corrected chi connectivity index (χ3v) is 4.65. The summed E-state index contributed by atoms with van der Waals surface area (Å²) in [6.45, 7) is 9.03. The molecule has 0 unspecified atom stereocenters. The first-order chi connectivity index (χ1) is 13.6. The number of ketones is 1. The summed E-state index contributed by atoms with van der Waals surface area (Å²) < 4.78 is 11.6. The largest absolute Gasteiger partial charge is 0.494 e. The van der Waals surface area contributed by atoms with Crippen molar-refractivity contribution < 1.29 is 13.9 Å². The van der Waals surface area contributed by atoms with Gasteiger partial charge in [0, 0.05) is 17.4 Å². The lowest BCUT2D eigenvalue weighted by Crippen LogP contribution is -2.22. The van der Waals surface area contributed by atoms with Crippen LogP contribution in [0.25, 0.3) is 11.0 Å². The lowest BCUT2D eigenvalue weighted by molar-refractivity contribution is 0.103. The molecule has 0 saturated carbocycles. The van der Waals surface area contributed by atoms with E-state index in [1.807, 2.05) is 55.5 Å². The third kappa shape index (κ3) is 4.82. The van der Waals surface area contributed by atoms with Crippen LogP contribution in [0.15, 0.2) is 52.9 Å². The normalized spacial score (nSPS) is 11.3. The molecule has 0 spiro atoms. The van der Waals surface area contributed by atoms with Crippen molar-refractivity contribution in [3.8, 4) is 5.75 Å². The lowest BCUT2D eigenvalue weighted by Gasteiger charge is -2.09. The van der Waals surface area contributed by atoms with Crippen LogP contribution < -0.4 is 10.1 Å². The first kappa shape index (κ1) is 20.2. The molecule has 28 heavy (non-hydrogen) atoms. The Labute approximate surface area is 166 Å². The topological polar surface area (TPSA) is 51.5 Å². The van der Waals surface area contributed by atoms with Gasteiger partial charge in [-0.1, -0.05) is 39.0 Å². The van der Waals surface area contributed by atoms with Gasteiger partial charge < -0.3 is 14.5 Å². The zero-order valence-corrected chi connectivity index (χ0v) is 17.0. The molecule has 0 saturated heterocycles. The minimum atomic E-state index is -0.00812. The molecule has 4 heteroatoms. The lowest BCUT2D eigenvalue weighted by atomic mass is 9.99. The van der Waals surface area contributed by atoms with E-state index in [2.05, 4.69) is 19.2 Å². The zero-order valence-electron chi connectivity index (χ0n) is 17.0. The van der Waals surface area contributed by atoms with Gasteiger partial charge in [-0.3, -0.25) is 4.79 Å². The van der Waals surface area contributed by atoms with E-state index in [0.29, 0.717) is 30.1 Å². The van der Waals surface area contributed by atoms with Crippen molar-refractivity contribution in [1.82, 2.24) is 5.32 Å². The van der Waals surface area contributed by atoms with Gasteiger partial charge in [0.2, 0.25) is 0 Å². The number of ether oxygens (including phenoxy) is 1. The summed E-state index contributed by atoms with van der Waals surface area (Å²) in [5.41, 5.74) is 2.07. The summed E-state index contributed by atoms with van der Waals surface area (Å²) in [5.74, 6) is 2.17. The van der Waals surface area contributed by atoms with Gasteiger partial charge in [-0.15, -0.1) is 0 Å². The van der Waals surface area contributed by atoms with Gasteiger partial charge in [0.05, 0.1) is 12.2 Å². The van der Waals surface area contributed by atoms with Crippen LogP contribution in [0, 0.1) is 5.92 Å². The molecule has 0 aliphatic heterocycles. The van der Waals surface area contributed by atoms with E-state index in [1.54, 1.807) is 0 Å². The van der Waals surface area contributed by atoms with E-state index in [1.165, 1.54) is 0 Å². The van der Waals surface area contributed by atoms with Gasteiger partial charge in [-0.2, -0.15) is 0 Å². The highest BCUT2D eigenvalue weighted by Gasteiger charge is 2.20. The third-order valence-electron chi connectivity index (χ3n) is 4.65. The van der Waals surface area contributed by atoms with Crippen molar-refractivity contribution in [3.63, 3.8) is 0 Å². The van der Waals surface area contributed by atoms with Crippen molar-refractivity contribution >= 4 is 16.8 Å². The molecule has 3 rings (SSSR count). The number of fused-ring (bicyclic) bond motifs is 1. The highest BCUT2D eigenvalue weighted by molar-refractivity contribution is 6.16. The number of benzene rings is 2. The maximum Gasteiger partial charge on any atom is 0.197 e. The van der Waals surface area contributed by atoms with Crippen LogP contribution >= 0.6 is 0 Å². The Balaban J connectivity index is 1.63. The molecular formula is C24H29NO3. The Morgan fingerprint density at radius 2 is 1.86 bits per heavy atom. The molecule has 0 radical (unpaired) electrons. The van der Waals surface area contributed by atoms with E-state index >= 15 is 0 Å². The van der Waals surface area contributed by atoms with Gasteiger partial charge >= 0.3 is 0 Å². The summed E-state index contributed by atoms with van der Waals surface area (Å²) in [7, 11) is 0. The minimum Gasteiger partial charge on any atom is -0.494 e. The fourth-order valence-electron chi connectivity index (χ4n) is 3.22. The van der Waals surface area contributed by atoms with Crippen LogP contribution in [0.3, 0.4) is 0 Å². The molecule has 148 valence electrons. The maximum atomic E-state index is 13.1. The van der Waals surface area contributed by atoms with Gasteiger partial charge in [0.25, 0.3) is 0 Å². The molecule has 1 heterocycles. The van der Waals surface area contributed by atoms with Crippen molar-refractivity contribution in [3.05, 3.63) is 65.4 Å². The van der Waals surface area contributed by atoms with E-state index in [0.717, 1.165) is 42.0 Å². The summed E-state index contributed by atoms with van der Waals surface area (Å²) in [6.07, 6.45) is 1.63. The van der Waals surface area contributed by atoms with Crippen molar-refractivity contribution in [2.45, 2.75) is 33.6 Å². The Bertz CT molecular complexity index is 909. The predicted octanol–water partition coefficient (Wildman–Crippen LogP) is 5.24. The number of rotatable bonds is 10. The molecular weight excluding hydrogens is 350 g/mol. The van der Waals surface area contributed by atoms with Crippen LogP contribution in [0.4, 0.5) is 0 Å². The number of hydrogen-bond acceptors (Lipinski definition) is 4. The smallest absolute Gasteiger partial charge is 0.197 e.